The van der Waals surface area contributed by atoms with Gasteiger partial charge in [0.1, 0.15) is 28.5 Å². The molecule has 0 bridgehead atoms. The quantitative estimate of drug-likeness (QED) is 0.194. The molecule has 1 saturated heterocycles. The number of nitrogens with one attached hydrogen (secondary N) is 1. The maximum atomic E-state index is 15.3. The summed E-state index contributed by atoms with van der Waals surface area (Å²) in [7, 11) is 0. The number of urea groups is 1. The van der Waals surface area contributed by atoms with Crippen molar-refractivity contribution in [3.63, 3.8) is 0 Å². The standard InChI is InChI=1S/C42H46Cl2FN5O3/c1-7-53-35-25-36(40(2,3)4)46-26-34(35)38-48-41(5,28-11-15-30(43)16-12-28)42(6,29-13-17-31(44)18-14-29)50(38)39(52)49-21-19-27(20-22-49)23-37(51)47-33-10-8-9-32(45)24-33/h8-18,24-27H,7,19-23H2,1-6H3,(H,47,51)/t41-,42+/m0/s1. The lowest BCUT2D eigenvalue weighted by molar-refractivity contribution is -0.117. The van der Waals surface area contributed by atoms with Gasteiger partial charge in [-0.3, -0.25) is 19.7 Å². The van der Waals surface area contributed by atoms with Crippen LogP contribution in [0.25, 0.3) is 0 Å². The number of carbonyl (C=O) groups excluding carboxylic acids is 2. The normalized spacial score (nSPS) is 20.7. The highest BCUT2D eigenvalue weighted by Gasteiger charge is 2.60. The summed E-state index contributed by atoms with van der Waals surface area (Å²) in [5.74, 6) is 0.494. The van der Waals surface area contributed by atoms with Crippen LogP contribution in [0.3, 0.4) is 0 Å². The lowest BCUT2D eigenvalue weighted by atomic mass is 9.71. The number of anilines is 1. The van der Waals surface area contributed by atoms with Gasteiger partial charge in [-0.25, -0.2) is 9.18 Å². The summed E-state index contributed by atoms with van der Waals surface area (Å²) < 4.78 is 20.0. The van der Waals surface area contributed by atoms with Crippen LogP contribution in [0, 0.1) is 11.7 Å². The number of aliphatic imine (C=N–C) groups is 1. The van der Waals surface area contributed by atoms with E-state index in [1.54, 1.807) is 23.2 Å². The largest absolute Gasteiger partial charge is 0.493 e. The summed E-state index contributed by atoms with van der Waals surface area (Å²) in [6, 6.07) is 22.7. The zero-order valence-electron chi connectivity index (χ0n) is 31.1. The van der Waals surface area contributed by atoms with E-state index in [9.17, 15) is 9.18 Å². The predicted molar refractivity (Wildman–Crippen MR) is 209 cm³/mol. The number of hydrogen-bond donors (Lipinski definition) is 1. The second kappa shape index (κ2) is 15.1. The Morgan fingerprint density at radius 2 is 1.57 bits per heavy atom. The number of piperidine rings is 1. The molecule has 2 aliphatic heterocycles. The van der Waals surface area contributed by atoms with E-state index in [2.05, 4.69) is 26.1 Å². The molecule has 0 aliphatic carbocycles. The summed E-state index contributed by atoms with van der Waals surface area (Å²) in [5.41, 5.74) is 1.28. The summed E-state index contributed by atoms with van der Waals surface area (Å²) in [4.78, 5) is 42.2. The zero-order valence-corrected chi connectivity index (χ0v) is 32.6. The second-order valence-electron chi connectivity index (χ2n) is 15.2. The van der Waals surface area contributed by atoms with Crippen molar-refractivity contribution in [2.45, 2.75) is 77.3 Å². The molecular formula is C42H46Cl2FN5O3. The number of amidine groups is 1. The van der Waals surface area contributed by atoms with Crippen LogP contribution in [-0.4, -0.2) is 52.3 Å². The Bertz CT molecular complexity index is 2010. The molecule has 8 nitrogen and oxygen atoms in total. The third kappa shape index (κ3) is 7.64. The van der Waals surface area contributed by atoms with E-state index in [-0.39, 0.29) is 29.7 Å². The molecule has 3 amide bonds. The van der Waals surface area contributed by atoms with Crippen LogP contribution in [0.5, 0.6) is 5.75 Å². The van der Waals surface area contributed by atoms with E-state index in [0.29, 0.717) is 65.4 Å². The summed E-state index contributed by atoms with van der Waals surface area (Å²) in [6.45, 7) is 13.6. The maximum absolute atomic E-state index is 15.3. The third-order valence-electron chi connectivity index (χ3n) is 10.6. The summed E-state index contributed by atoms with van der Waals surface area (Å²) in [5, 5.41) is 3.97. The van der Waals surface area contributed by atoms with Crippen molar-refractivity contribution in [1.29, 1.82) is 0 Å². The predicted octanol–water partition coefficient (Wildman–Crippen LogP) is 9.98. The average molecular weight is 759 g/mol. The van der Waals surface area contributed by atoms with Gasteiger partial charge in [0.25, 0.3) is 0 Å². The highest BCUT2D eigenvalue weighted by Crippen LogP contribution is 2.54. The van der Waals surface area contributed by atoms with Crippen molar-refractivity contribution in [3.05, 3.63) is 123 Å². The molecule has 4 aromatic rings. The molecule has 0 saturated carbocycles. The molecule has 6 rings (SSSR count). The van der Waals surface area contributed by atoms with Crippen LogP contribution in [0.1, 0.15) is 83.2 Å². The van der Waals surface area contributed by atoms with Gasteiger partial charge in [0.15, 0.2) is 0 Å². The van der Waals surface area contributed by atoms with E-state index in [1.807, 2.05) is 80.3 Å². The van der Waals surface area contributed by atoms with Crippen LogP contribution in [0.15, 0.2) is 90.1 Å². The molecular weight excluding hydrogens is 712 g/mol. The fourth-order valence-corrected chi connectivity index (χ4v) is 7.62. The zero-order chi connectivity index (χ0) is 38.1. The van der Waals surface area contributed by atoms with Gasteiger partial charge in [-0.1, -0.05) is 74.3 Å². The van der Waals surface area contributed by atoms with E-state index < -0.39 is 16.9 Å². The number of rotatable bonds is 8. The molecule has 1 fully saturated rings. The molecule has 53 heavy (non-hydrogen) atoms. The molecule has 0 unspecified atom stereocenters. The maximum Gasteiger partial charge on any atom is 0.326 e. The van der Waals surface area contributed by atoms with Crippen molar-refractivity contribution >= 4 is 46.7 Å². The minimum absolute atomic E-state index is 0.0556. The number of halogens is 3. The van der Waals surface area contributed by atoms with Gasteiger partial charge in [0.2, 0.25) is 5.91 Å². The number of ether oxygens (including phenoxy) is 1. The number of aromatic nitrogens is 1. The molecule has 0 radical (unpaired) electrons. The fourth-order valence-electron chi connectivity index (χ4n) is 7.37. The molecule has 3 aromatic carbocycles. The Morgan fingerprint density at radius 1 is 0.943 bits per heavy atom. The van der Waals surface area contributed by atoms with Gasteiger partial charge in [0.05, 0.1) is 12.2 Å². The number of carbonyl (C=O) groups is 2. The van der Waals surface area contributed by atoms with Crippen LogP contribution in [0.4, 0.5) is 14.9 Å². The highest BCUT2D eigenvalue weighted by atomic mass is 35.5. The molecule has 2 atom stereocenters. The molecule has 1 aromatic heterocycles. The Hall–Kier alpha value is -4.47. The molecule has 3 heterocycles. The second-order valence-corrected chi connectivity index (χ2v) is 16.0. The Labute approximate surface area is 321 Å². The van der Waals surface area contributed by atoms with Gasteiger partial charge in [-0.05, 0) is 93.1 Å². The van der Waals surface area contributed by atoms with E-state index in [1.165, 1.54) is 12.1 Å². The van der Waals surface area contributed by atoms with E-state index in [0.717, 1.165) is 16.8 Å². The minimum Gasteiger partial charge on any atom is -0.493 e. The van der Waals surface area contributed by atoms with Crippen molar-refractivity contribution < 1.29 is 18.7 Å². The molecule has 2 aliphatic rings. The average Bonchev–Trinajstić information content (AvgIpc) is 3.36. The number of nitrogens with zero attached hydrogens (tertiary/aromatic N) is 4. The Balaban J connectivity index is 1.40. The Morgan fingerprint density at radius 3 is 2.15 bits per heavy atom. The first-order chi connectivity index (χ1) is 25.1. The molecule has 0 spiro atoms. The number of hydrogen-bond acceptors (Lipinski definition) is 5. The summed E-state index contributed by atoms with van der Waals surface area (Å²) >= 11 is 12.8. The third-order valence-corrected chi connectivity index (χ3v) is 11.1. The van der Waals surface area contributed by atoms with E-state index in [4.69, 9.17) is 37.9 Å². The van der Waals surface area contributed by atoms with Gasteiger partial charge in [-0.15, -0.1) is 0 Å². The van der Waals surface area contributed by atoms with Crippen LogP contribution in [0.2, 0.25) is 10.0 Å². The van der Waals surface area contributed by atoms with Crippen LogP contribution < -0.4 is 10.1 Å². The van der Waals surface area contributed by atoms with Crippen LogP contribution in [-0.2, 0) is 21.3 Å². The topological polar surface area (TPSA) is 87.1 Å². The van der Waals surface area contributed by atoms with Gasteiger partial charge in [0, 0.05) is 58.6 Å². The van der Waals surface area contributed by atoms with Crippen molar-refractivity contribution in [1.82, 2.24) is 14.8 Å². The number of amides is 3. The lowest BCUT2D eigenvalue weighted by Gasteiger charge is -2.47. The molecule has 11 heteroatoms. The molecule has 1 N–H and O–H groups in total. The first-order valence-electron chi connectivity index (χ1n) is 18.0. The van der Waals surface area contributed by atoms with Gasteiger partial charge >= 0.3 is 6.03 Å². The lowest BCUT2D eigenvalue weighted by Crippen LogP contribution is -2.59. The number of likely N-dealkylation sites (tertiary alicyclic amines) is 1. The minimum atomic E-state index is -1.06. The number of benzene rings is 3. The number of pyridine rings is 1. The molecule has 278 valence electrons. The first-order valence-corrected chi connectivity index (χ1v) is 18.8. The SMILES string of the molecule is CCOc1cc(C(C)(C)C)ncc1C1=N[C@@](C)(c2ccc(Cl)cc2)[C@@](C)(c2ccc(Cl)cc2)N1C(=O)N1CCC(CC(=O)Nc2cccc(F)c2)CC1. The van der Waals surface area contributed by atoms with E-state index >= 15 is 4.79 Å². The first kappa shape index (κ1) is 38.3. The van der Waals surface area contributed by atoms with Crippen LogP contribution >= 0.6 is 23.2 Å². The van der Waals surface area contributed by atoms with Crippen molar-refractivity contribution in [3.8, 4) is 5.75 Å². The highest BCUT2D eigenvalue weighted by molar-refractivity contribution is 6.30. The monoisotopic (exact) mass is 757 g/mol. The van der Waals surface area contributed by atoms with Crippen molar-refractivity contribution in [2.75, 3.05) is 25.0 Å². The Kier molecular flexibility index (Phi) is 10.9. The summed E-state index contributed by atoms with van der Waals surface area (Å²) in [6.07, 6.45) is 3.29. The van der Waals surface area contributed by atoms with Gasteiger partial charge < -0.3 is 15.0 Å². The van der Waals surface area contributed by atoms with Gasteiger partial charge in [-0.2, -0.15) is 0 Å². The smallest absolute Gasteiger partial charge is 0.326 e. The van der Waals surface area contributed by atoms with Crippen molar-refractivity contribution in [2.24, 2.45) is 10.9 Å². The fraction of sp³-hybridized carbons (Fsp3) is 0.381.